The van der Waals surface area contributed by atoms with E-state index in [1.165, 1.54) is 22.3 Å². The van der Waals surface area contributed by atoms with Gasteiger partial charge in [0.15, 0.2) is 0 Å². The van der Waals surface area contributed by atoms with Gasteiger partial charge in [0, 0.05) is 11.0 Å². The second-order valence-corrected chi connectivity index (χ2v) is 8.01. The summed E-state index contributed by atoms with van der Waals surface area (Å²) in [6, 6.07) is 6.54. The van der Waals surface area contributed by atoms with Crippen LogP contribution in [0.15, 0.2) is 54.2 Å². The molecule has 1 aromatic rings. The highest BCUT2D eigenvalue weighted by atomic mass is 16.5. The maximum atomic E-state index is 6.15. The van der Waals surface area contributed by atoms with Crippen LogP contribution in [0.5, 0.6) is 5.75 Å². The first-order valence-electron chi connectivity index (χ1n) is 8.43. The number of rotatable bonds is 5. The number of ether oxygens (including phenoxy) is 1. The smallest absolute Gasteiger partial charge is 0.127 e. The minimum absolute atomic E-state index is 0.0401. The third-order valence-corrected chi connectivity index (χ3v) is 4.61. The highest BCUT2D eigenvalue weighted by molar-refractivity contribution is 5.54. The zero-order valence-electron chi connectivity index (χ0n) is 15.5. The Hall–Kier alpha value is -1.76. The SMILES string of the molecule is C=CCOc1c(C(C)(C)C)cccc1C(C)(C)C1=CCC(C)=C1. The summed E-state index contributed by atoms with van der Waals surface area (Å²) in [5.74, 6) is 1.02. The van der Waals surface area contributed by atoms with Gasteiger partial charge < -0.3 is 4.74 Å². The van der Waals surface area contributed by atoms with Crippen LogP contribution >= 0.6 is 0 Å². The van der Waals surface area contributed by atoms with Crippen LogP contribution in [0, 0.1) is 0 Å². The average molecular weight is 310 g/mol. The van der Waals surface area contributed by atoms with Gasteiger partial charge in [-0.2, -0.15) is 0 Å². The van der Waals surface area contributed by atoms with Crippen molar-refractivity contribution in [3.05, 3.63) is 65.3 Å². The molecule has 0 saturated carbocycles. The Morgan fingerprint density at radius 1 is 1.13 bits per heavy atom. The summed E-state index contributed by atoms with van der Waals surface area (Å²) in [4.78, 5) is 0. The highest BCUT2D eigenvalue weighted by Crippen LogP contribution is 2.44. The van der Waals surface area contributed by atoms with E-state index < -0.39 is 0 Å². The van der Waals surface area contributed by atoms with Gasteiger partial charge in [0.25, 0.3) is 0 Å². The third-order valence-electron chi connectivity index (χ3n) is 4.61. The molecule has 0 atom stereocenters. The molecule has 1 heteroatoms. The summed E-state index contributed by atoms with van der Waals surface area (Å²) in [7, 11) is 0. The summed E-state index contributed by atoms with van der Waals surface area (Å²) in [5.41, 5.74) is 5.28. The monoisotopic (exact) mass is 310 g/mol. The van der Waals surface area contributed by atoms with Crippen LogP contribution in [0.3, 0.4) is 0 Å². The lowest BCUT2D eigenvalue weighted by Gasteiger charge is -2.32. The summed E-state index contributed by atoms with van der Waals surface area (Å²) in [6.45, 7) is 17.8. The third kappa shape index (κ3) is 3.60. The molecule has 2 rings (SSSR count). The molecule has 0 bridgehead atoms. The maximum absolute atomic E-state index is 6.15. The van der Waals surface area contributed by atoms with Gasteiger partial charge in [-0.05, 0) is 29.9 Å². The fourth-order valence-electron chi connectivity index (χ4n) is 3.16. The number of hydrogen-bond donors (Lipinski definition) is 0. The quantitative estimate of drug-likeness (QED) is 0.597. The van der Waals surface area contributed by atoms with Gasteiger partial charge in [-0.1, -0.05) is 83.2 Å². The van der Waals surface area contributed by atoms with Crippen molar-refractivity contribution in [2.24, 2.45) is 0 Å². The van der Waals surface area contributed by atoms with E-state index in [-0.39, 0.29) is 10.8 Å². The normalized spacial score (nSPS) is 15.2. The molecule has 0 unspecified atom stereocenters. The van der Waals surface area contributed by atoms with Crippen molar-refractivity contribution in [2.45, 2.75) is 58.8 Å². The van der Waals surface area contributed by atoms with Crippen LogP contribution in [0.4, 0.5) is 0 Å². The molecular formula is C22H30O. The van der Waals surface area contributed by atoms with Crippen LogP contribution in [-0.4, -0.2) is 6.61 Å². The molecule has 23 heavy (non-hydrogen) atoms. The second-order valence-electron chi connectivity index (χ2n) is 8.01. The van der Waals surface area contributed by atoms with Gasteiger partial charge in [0.2, 0.25) is 0 Å². The van der Waals surface area contributed by atoms with Gasteiger partial charge in [-0.3, -0.25) is 0 Å². The van der Waals surface area contributed by atoms with E-state index in [0.29, 0.717) is 6.61 Å². The van der Waals surface area contributed by atoms with Crippen molar-refractivity contribution >= 4 is 0 Å². The molecule has 0 saturated heterocycles. The molecule has 0 aliphatic heterocycles. The Morgan fingerprint density at radius 3 is 2.30 bits per heavy atom. The van der Waals surface area contributed by atoms with Crippen molar-refractivity contribution in [1.82, 2.24) is 0 Å². The molecule has 124 valence electrons. The zero-order chi connectivity index (χ0) is 17.3. The Labute approximate surface area is 141 Å². The molecule has 1 aliphatic carbocycles. The highest BCUT2D eigenvalue weighted by Gasteiger charge is 2.32. The Kier molecular flexibility index (Phi) is 4.89. The van der Waals surface area contributed by atoms with Gasteiger partial charge in [0.1, 0.15) is 12.4 Å². The molecule has 0 aromatic heterocycles. The number of hydrogen-bond acceptors (Lipinski definition) is 1. The van der Waals surface area contributed by atoms with E-state index in [4.69, 9.17) is 4.74 Å². The van der Waals surface area contributed by atoms with Gasteiger partial charge in [-0.15, -0.1) is 0 Å². The number of allylic oxidation sites excluding steroid dienone is 4. The minimum atomic E-state index is -0.0739. The molecule has 1 aromatic carbocycles. The molecule has 0 fully saturated rings. The van der Waals surface area contributed by atoms with Crippen molar-refractivity contribution in [1.29, 1.82) is 0 Å². The van der Waals surface area contributed by atoms with Crippen molar-refractivity contribution in [3.8, 4) is 5.75 Å². The summed E-state index contributed by atoms with van der Waals surface area (Å²) >= 11 is 0. The fourth-order valence-corrected chi connectivity index (χ4v) is 3.16. The van der Waals surface area contributed by atoms with Crippen LogP contribution < -0.4 is 4.74 Å². The van der Waals surface area contributed by atoms with E-state index in [1.807, 2.05) is 6.08 Å². The lowest BCUT2D eigenvalue weighted by Crippen LogP contribution is -2.23. The summed E-state index contributed by atoms with van der Waals surface area (Å²) in [5, 5.41) is 0. The first kappa shape index (κ1) is 17.6. The topological polar surface area (TPSA) is 9.23 Å². The molecule has 0 heterocycles. The minimum Gasteiger partial charge on any atom is -0.489 e. The molecule has 0 radical (unpaired) electrons. The van der Waals surface area contributed by atoms with Crippen LogP contribution in [-0.2, 0) is 10.8 Å². The number of benzene rings is 1. The predicted octanol–water partition coefficient (Wildman–Crippen LogP) is 6.10. The summed E-state index contributed by atoms with van der Waals surface area (Å²) < 4.78 is 6.15. The first-order valence-corrected chi connectivity index (χ1v) is 8.43. The van der Waals surface area contributed by atoms with Crippen LogP contribution in [0.1, 0.15) is 59.1 Å². The van der Waals surface area contributed by atoms with Crippen LogP contribution in [0.2, 0.25) is 0 Å². The fraction of sp³-hybridized carbons (Fsp3) is 0.455. The Morgan fingerprint density at radius 2 is 1.78 bits per heavy atom. The van der Waals surface area contributed by atoms with E-state index in [9.17, 15) is 0 Å². The summed E-state index contributed by atoms with van der Waals surface area (Å²) in [6.07, 6.45) is 7.53. The molecule has 0 amide bonds. The molecule has 1 aliphatic rings. The van der Waals surface area contributed by atoms with Gasteiger partial charge in [0.05, 0.1) is 0 Å². The molecule has 0 N–H and O–H groups in total. The average Bonchev–Trinajstić information content (AvgIpc) is 2.91. The first-order chi connectivity index (χ1) is 10.7. The molecule has 0 spiro atoms. The predicted molar refractivity (Wildman–Crippen MR) is 100 cm³/mol. The van der Waals surface area contributed by atoms with E-state index >= 15 is 0 Å². The van der Waals surface area contributed by atoms with E-state index in [0.717, 1.165) is 12.2 Å². The lowest BCUT2D eigenvalue weighted by molar-refractivity contribution is 0.341. The van der Waals surface area contributed by atoms with Crippen molar-refractivity contribution in [3.63, 3.8) is 0 Å². The second kappa shape index (κ2) is 6.39. The lowest BCUT2D eigenvalue weighted by atomic mass is 9.74. The zero-order valence-corrected chi connectivity index (χ0v) is 15.5. The van der Waals surface area contributed by atoms with E-state index in [1.54, 1.807) is 0 Å². The van der Waals surface area contributed by atoms with Crippen LogP contribution in [0.25, 0.3) is 0 Å². The van der Waals surface area contributed by atoms with Crippen molar-refractivity contribution < 1.29 is 4.74 Å². The molecular weight excluding hydrogens is 280 g/mol. The van der Waals surface area contributed by atoms with Gasteiger partial charge in [-0.25, -0.2) is 0 Å². The molecule has 1 nitrogen and oxygen atoms in total. The largest absolute Gasteiger partial charge is 0.489 e. The Balaban J connectivity index is 2.59. The standard InChI is InChI=1S/C22H30O/c1-8-14-23-20-18(21(3,4)5)10-9-11-19(20)22(6,7)17-13-12-16(2)15-17/h8-11,13,15H,1,12,14H2,2-7H3. The number of para-hydroxylation sites is 1. The van der Waals surface area contributed by atoms with Gasteiger partial charge >= 0.3 is 0 Å². The Bertz CT molecular complexity index is 651. The maximum Gasteiger partial charge on any atom is 0.127 e. The van der Waals surface area contributed by atoms with Crippen molar-refractivity contribution in [2.75, 3.05) is 6.61 Å². The van der Waals surface area contributed by atoms with E-state index in [2.05, 4.69) is 78.5 Å².